The van der Waals surface area contributed by atoms with Crippen LogP contribution in [0.4, 0.5) is 0 Å². The van der Waals surface area contributed by atoms with Crippen molar-refractivity contribution in [1.82, 2.24) is 21.0 Å². The van der Waals surface area contributed by atoms with Crippen molar-refractivity contribution in [2.24, 2.45) is 0 Å². The summed E-state index contributed by atoms with van der Waals surface area (Å²) in [5.41, 5.74) is 4.91. The topological polar surface area (TPSA) is 104 Å². The zero-order chi connectivity index (χ0) is 18.5. The molecular weight excluding hydrogens is 356 g/mol. The number of nitrogens with one attached hydrogen (secondary N) is 3. The van der Waals surface area contributed by atoms with Crippen LogP contribution in [0.25, 0.3) is 16.8 Å². The quantitative estimate of drug-likeness (QED) is 0.486. The van der Waals surface area contributed by atoms with Gasteiger partial charge in [-0.25, -0.2) is 5.10 Å². The van der Waals surface area contributed by atoms with Crippen LogP contribution >= 0.6 is 11.6 Å². The molecule has 3 rings (SSSR count). The summed E-state index contributed by atoms with van der Waals surface area (Å²) in [6.07, 6.45) is 2.84. The SMILES string of the molecule is O=C(/C=C/c1ccc(Cl)cc1)NNC(=O)c1n[nH]c(=O)c2ccccc12. The Hall–Kier alpha value is -3.45. The number of carbonyl (C=O) groups is 2. The molecule has 0 saturated heterocycles. The Morgan fingerprint density at radius 3 is 2.42 bits per heavy atom. The van der Waals surface area contributed by atoms with E-state index in [0.29, 0.717) is 15.8 Å². The van der Waals surface area contributed by atoms with Crippen molar-refractivity contribution in [3.05, 3.63) is 81.2 Å². The minimum absolute atomic E-state index is 0.00202. The lowest BCUT2D eigenvalue weighted by molar-refractivity contribution is -0.117. The molecule has 2 amide bonds. The second kappa shape index (κ2) is 7.62. The number of fused-ring (bicyclic) bond motifs is 1. The number of hydrazine groups is 1. The van der Waals surface area contributed by atoms with E-state index in [-0.39, 0.29) is 5.69 Å². The summed E-state index contributed by atoms with van der Waals surface area (Å²) in [6, 6.07) is 13.5. The Morgan fingerprint density at radius 1 is 1.00 bits per heavy atom. The molecule has 0 radical (unpaired) electrons. The maximum absolute atomic E-state index is 12.2. The van der Waals surface area contributed by atoms with Gasteiger partial charge in [0.2, 0.25) is 0 Å². The van der Waals surface area contributed by atoms with E-state index in [0.717, 1.165) is 5.56 Å². The van der Waals surface area contributed by atoms with E-state index in [1.54, 1.807) is 54.6 Å². The maximum Gasteiger partial charge on any atom is 0.290 e. The van der Waals surface area contributed by atoms with Crippen LogP contribution in [0.2, 0.25) is 5.02 Å². The maximum atomic E-state index is 12.2. The smallest absolute Gasteiger partial charge is 0.268 e. The van der Waals surface area contributed by atoms with Crippen LogP contribution in [0, 0.1) is 0 Å². The summed E-state index contributed by atoms with van der Waals surface area (Å²) in [7, 11) is 0. The van der Waals surface area contributed by atoms with Crippen molar-refractivity contribution >= 4 is 40.3 Å². The fourth-order valence-corrected chi connectivity index (χ4v) is 2.38. The normalized spacial score (nSPS) is 10.8. The van der Waals surface area contributed by atoms with Crippen molar-refractivity contribution in [2.45, 2.75) is 0 Å². The number of nitrogens with zero attached hydrogens (tertiary/aromatic N) is 1. The summed E-state index contributed by atoms with van der Waals surface area (Å²) in [5, 5.41) is 7.33. The van der Waals surface area contributed by atoms with E-state index in [9.17, 15) is 14.4 Å². The van der Waals surface area contributed by atoms with Gasteiger partial charge in [0.1, 0.15) is 0 Å². The number of H-pyrrole nitrogens is 1. The molecule has 7 nitrogen and oxygen atoms in total. The Kier molecular flexibility index (Phi) is 5.09. The number of hydrogen-bond donors (Lipinski definition) is 3. The lowest BCUT2D eigenvalue weighted by atomic mass is 10.1. The van der Waals surface area contributed by atoms with Gasteiger partial charge in [-0.15, -0.1) is 0 Å². The number of aromatic amines is 1. The first-order valence-corrected chi connectivity index (χ1v) is 7.94. The highest BCUT2D eigenvalue weighted by Crippen LogP contribution is 2.12. The molecule has 8 heteroatoms. The molecule has 3 aromatic rings. The highest BCUT2D eigenvalue weighted by atomic mass is 35.5. The zero-order valence-electron chi connectivity index (χ0n) is 13.3. The van der Waals surface area contributed by atoms with E-state index in [1.165, 1.54) is 6.08 Å². The first-order chi connectivity index (χ1) is 12.5. The molecule has 0 atom stereocenters. The molecule has 2 aromatic carbocycles. The summed E-state index contributed by atoms with van der Waals surface area (Å²) < 4.78 is 0. The third-order valence-electron chi connectivity index (χ3n) is 3.51. The third kappa shape index (κ3) is 3.96. The standard InChI is InChI=1S/C18H13ClN4O3/c19-12-8-5-11(6-9-12)7-10-15(24)20-23-18(26)16-13-3-1-2-4-14(13)17(25)22-21-16/h1-10H,(H,20,24)(H,22,25)(H,23,26)/b10-7+. The van der Waals surface area contributed by atoms with Crippen molar-refractivity contribution in [3.8, 4) is 0 Å². The second-order valence-corrected chi connectivity index (χ2v) is 5.71. The number of rotatable bonds is 3. The molecular formula is C18H13ClN4O3. The van der Waals surface area contributed by atoms with Crippen LogP contribution in [0.1, 0.15) is 16.1 Å². The monoisotopic (exact) mass is 368 g/mol. The minimum Gasteiger partial charge on any atom is -0.268 e. The molecule has 1 aromatic heterocycles. The average molecular weight is 369 g/mol. The van der Waals surface area contributed by atoms with Gasteiger partial charge in [-0.3, -0.25) is 25.2 Å². The molecule has 26 heavy (non-hydrogen) atoms. The van der Waals surface area contributed by atoms with Gasteiger partial charge < -0.3 is 0 Å². The molecule has 0 fully saturated rings. The Labute approximate surface area is 152 Å². The highest BCUT2D eigenvalue weighted by Gasteiger charge is 2.14. The molecule has 0 aliphatic rings. The predicted molar refractivity (Wildman–Crippen MR) is 98.5 cm³/mol. The van der Waals surface area contributed by atoms with Gasteiger partial charge in [0, 0.05) is 16.5 Å². The van der Waals surface area contributed by atoms with E-state index in [2.05, 4.69) is 21.0 Å². The number of amides is 2. The second-order valence-electron chi connectivity index (χ2n) is 5.28. The molecule has 0 bridgehead atoms. The molecule has 130 valence electrons. The van der Waals surface area contributed by atoms with Gasteiger partial charge in [-0.2, -0.15) is 5.10 Å². The van der Waals surface area contributed by atoms with Crippen molar-refractivity contribution in [2.75, 3.05) is 0 Å². The van der Waals surface area contributed by atoms with E-state index >= 15 is 0 Å². The van der Waals surface area contributed by atoms with Gasteiger partial charge >= 0.3 is 0 Å². The van der Waals surface area contributed by atoms with Crippen LogP contribution < -0.4 is 16.4 Å². The molecule has 0 aliphatic carbocycles. The van der Waals surface area contributed by atoms with Crippen LogP contribution in [0.3, 0.4) is 0 Å². The van der Waals surface area contributed by atoms with Crippen molar-refractivity contribution < 1.29 is 9.59 Å². The van der Waals surface area contributed by atoms with Gasteiger partial charge in [0.15, 0.2) is 5.69 Å². The van der Waals surface area contributed by atoms with E-state index < -0.39 is 17.4 Å². The molecule has 0 saturated carbocycles. The summed E-state index contributed by atoms with van der Waals surface area (Å²) in [5.74, 6) is -1.17. The number of carbonyl (C=O) groups excluding carboxylic acids is 2. The Morgan fingerprint density at radius 2 is 1.69 bits per heavy atom. The van der Waals surface area contributed by atoms with Crippen molar-refractivity contribution in [1.29, 1.82) is 0 Å². The largest absolute Gasteiger partial charge is 0.290 e. The first-order valence-electron chi connectivity index (χ1n) is 7.56. The van der Waals surface area contributed by atoms with Gasteiger partial charge in [0.25, 0.3) is 17.4 Å². The summed E-state index contributed by atoms with van der Waals surface area (Å²) in [6.45, 7) is 0. The highest BCUT2D eigenvalue weighted by molar-refractivity contribution is 6.30. The lowest BCUT2D eigenvalue weighted by Gasteiger charge is -2.06. The number of hydrogen-bond acceptors (Lipinski definition) is 4. The molecule has 0 unspecified atom stereocenters. The zero-order valence-corrected chi connectivity index (χ0v) is 14.1. The fourth-order valence-electron chi connectivity index (χ4n) is 2.25. The van der Waals surface area contributed by atoms with E-state index in [1.807, 2.05) is 0 Å². The summed E-state index contributed by atoms with van der Waals surface area (Å²) >= 11 is 5.79. The lowest BCUT2D eigenvalue weighted by Crippen LogP contribution is -2.41. The van der Waals surface area contributed by atoms with Gasteiger partial charge in [-0.1, -0.05) is 41.9 Å². The summed E-state index contributed by atoms with van der Waals surface area (Å²) in [4.78, 5) is 35.8. The molecule has 1 heterocycles. The van der Waals surface area contributed by atoms with Crippen LogP contribution in [0.15, 0.2) is 59.4 Å². The van der Waals surface area contributed by atoms with Crippen LogP contribution in [-0.2, 0) is 4.79 Å². The third-order valence-corrected chi connectivity index (χ3v) is 3.76. The number of aromatic nitrogens is 2. The van der Waals surface area contributed by atoms with Gasteiger partial charge in [0.05, 0.1) is 5.39 Å². The number of halogens is 1. The molecule has 3 N–H and O–H groups in total. The predicted octanol–water partition coefficient (Wildman–Crippen LogP) is 2.05. The molecule has 0 spiro atoms. The van der Waals surface area contributed by atoms with Gasteiger partial charge in [-0.05, 0) is 29.8 Å². The Bertz CT molecular complexity index is 1060. The fraction of sp³-hybridized carbons (Fsp3) is 0. The molecule has 0 aliphatic heterocycles. The number of benzene rings is 2. The minimum atomic E-state index is -0.648. The van der Waals surface area contributed by atoms with E-state index in [4.69, 9.17) is 11.6 Å². The van der Waals surface area contributed by atoms with Crippen molar-refractivity contribution in [3.63, 3.8) is 0 Å². The Balaban J connectivity index is 1.67. The average Bonchev–Trinajstić information content (AvgIpc) is 2.66. The first kappa shape index (κ1) is 17.4. The van der Waals surface area contributed by atoms with Crippen LogP contribution in [0.5, 0.6) is 0 Å². The van der Waals surface area contributed by atoms with Crippen LogP contribution in [-0.4, -0.2) is 22.0 Å².